The van der Waals surface area contributed by atoms with Gasteiger partial charge in [0, 0.05) is 25.3 Å². The highest BCUT2D eigenvalue weighted by Gasteiger charge is 2.27. The number of rotatable bonds is 7. The summed E-state index contributed by atoms with van der Waals surface area (Å²) >= 11 is 0. The maximum Gasteiger partial charge on any atom is 0.389 e. The quantitative estimate of drug-likeness (QED) is 0.723. The van der Waals surface area contributed by atoms with E-state index in [-0.39, 0.29) is 31.1 Å². The van der Waals surface area contributed by atoms with E-state index in [1.807, 2.05) is 6.92 Å². The molecule has 0 heterocycles. The van der Waals surface area contributed by atoms with Crippen LogP contribution < -0.4 is 5.73 Å². The standard InChI is InChI=1S/C10H18F3NO/c1-2-4-8(7-14)9(15)5-3-6-10(11,12)13/h8H,2-7,14H2,1H3. The van der Waals surface area contributed by atoms with Gasteiger partial charge in [-0.1, -0.05) is 13.3 Å². The molecule has 0 aliphatic heterocycles. The third-order valence-electron chi connectivity index (χ3n) is 2.26. The van der Waals surface area contributed by atoms with E-state index < -0.39 is 12.6 Å². The van der Waals surface area contributed by atoms with Crippen LogP contribution >= 0.6 is 0 Å². The van der Waals surface area contributed by atoms with E-state index in [2.05, 4.69) is 0 Å². The van der Waals surface area contributed by atoms with E-state index in [0.29, 0.717) is 6.42 Å². The highest BCUT2D eigenvalue weighted by Crippen LogP contribution is 2.23. The van der Waals surface area contributed by atoms with Crippen molar-refractivity contribution in [3.63, 3.8) is 0 Å². The van der Waals surface area contributed by atoms with Gasteiger partial charge in [0.05, 0.1) is 0 Å². The Kier molecular flexibility index (Phi) is 6.56. The molecule has 2 nitrogen and oxygen atoms in total. The van der Waals surface area contributed by atoms with Gasteiger partial charge in [-0.15, -0.1) is 0 Å². The Morgan fingerprint density at radius 1 is 1.40 bits per heavy atom. The van der Waals surface area contributed by atoms with Gasteiger partial charge >= 0.3 is 6.18 Å². The van der Waals surface area contributed by atoms with E-state index in [0.717, 1.165) is 6.42 Å². The number of alkyl halides is 3. The van der Waals surface area contributed by atoms with Crippen LogP contribution in [0.5, 0.6) is 0 Å². The Bertz CT molecular complexity index is 192. The second kappa shape index (κ2) is 6.82. The molecule has 0 spiro atoms. The smallest absolute Gasteiger partial charge is 0.330 e. The van der Waals surface area contributed by atoms with Crippen molar-refractivity contribution in [2.24, 2.45) is 11.7 Å². The zero-order chi connectivity index (χ0) is 11.9. The molecule has 0 fully saturated rings. The lowest BCUT2D eigenvalue weighted by molar-refractivity contribution is -0.137. The van der Waals surface area contributed by atoms with Gasteiger partial charge in [0.25, 0.3) is 0 Å². The van der Waals surface area contributed by atoms with Crippen LogP contribution in [-0.2, 0) is 4.79 Å². The van der Waals surface area contributed by atoms with E-state index in [1.165, 1.54) is 0 Å². The second-order valence-corrected chi connectivity index (χ2v) is 3.66. The van der Waals surface area contributed by atoms with Crippen molar-refractivity contribution in [1.29, 1.82) is 0 Å². The molecule has 0 saturated heterocycles. The number of Topliss-reactive ketones (excluding diaryl/α,β-unsaturated/α-hetero) is 1. The summed E-state index contributed by atoms with van der Waals surface area (Å²) in [4.78, 5) is 11.4. The largest absolute Gasteiger partial charge is 0.389 e. The van der Waals surface area contributed by atoms with Crippen LogP contribution in [0, 0.1) is 5.92 Å². The average molecular weight is 225 g/mol. The number of ketones is 1. The molecule has 0 rings (SSSR count). The van der Waals surface area contributed by atoms with E-state index >= 15 is 0 Å². The first-order valence-electron chi connectivity index (χ1n) is 5.20. The first-order chi connectivity index (χ1) is 6.90. The lowest BCUT2D eigenvalue weighted by Gasteiger charge is -2.12. The number of nitrogens with two attached hydrogens (primary N) is 1. The molecule has 1 atom stereocenters. The molecule has 2 N–H and O–H groups in total. The molecular weight excluding hydrogens is 207 g/mol. The zero-order valence-corrected chi connectivity index (χ0v) is 8.94. The van der Waals surface area contributed by atoms with Gasteiger partial charge in [-0.05, 0) is 12.8 Å². The second-order valence-electron chi connectivity index (χ2n) is 3.66. The predicted molar refractivity (Wildman–Crippen MR) is 52.4 cm³/mol. The molecule has 0 saturated carbocycles. The monoisotopic (exact) mass is 225 g/mol. The molecule has 0 radical (unpaired) electrons. The Morgan fingerprint density at radius 3 is 2.40 bits per heavy atom. The van der Waals surface area contributed by atoms with Crippen molar-refractivity contribution < 1.29 is 18.0 Å². The van der Waals surface area contributed by atoms with Crippen LogP contribution in [0.4, 0.5) is 13.2 Å². The Balaban J connectivity index is 3.81. The fourth-order valence-electron chi connectivity index (χ4n) is 1.43. The summed E-state index contributed by atoms with van der Waals surface area (Å²) in [6.07, 6.45) is -3.69. The molecule has 0 aromatic rings. The molecule has 1 unspecified atom stereocenters. The highest BCUT2D eigenvalue weighted by molar-refractivity contribution is 5.81. The summed E-state index contributed by atoms with van der Waals surface area (Å²) in [6, 6.07) is 0. The fraction of sp³-hybridized carbons (Fsp3) is 0.900. The Morgan fingerprint density at radius 2 is 2.00 bits per heavy atom. The van der Waals surface area contributed by atoms with Crippen LogP contribution in [0.3, 0.4) is 0 Å². The molecule has 90 valence electrons. The lowest BCUT2D eigenvalue weighted by Crippen LogP contribution is -2.23. The van der Waals surface area contributed by atoms with Gasteiger partial charge in [-0.3, -0.25) is 4.79 Å². The van der Waals surface area contributed by atoms with Gasteiger partial charge in [0.1, 0.15) is 5.78 Å². The Labute approximate surface area is 88.0 Å². The summed E-state index contributed by atoms with van der Waals surface area (Å²) in [5.74, 6) is -0.396. The minimum atomic E-state index is -4.16. The summed E-state index contributed by atoms with van der Waals surface area (Å²) in [6.45, 7) is 2.16. The minimum absolute atomic E-state index is 0.0125. The van der Waals surface area contributed by atoms with Crippen molar-refractivity contribution >= 4 is 5.78 Å². The molecular formula is C10H18F3NO. The van der Waals surface area contributed by atoms with E-state index in [4.69, 9.17) is 5.73 Å². The first kappa shape index (κ1) is 14.4. The van der Waals surface area contributed by atoms with E-state index in [9.17, 15) is 18.0 Å². The summed E-state index contributed by atoms with van der Waals surface area (Å²) < 4.78 is 35.4. The number of hydrogen-bond acceptors (Lipinski definition) is 2. The van der Waals surface area contributed by atoms with Gasteiger partial charge in [-0.2, -0.15) is 13.2 Å². The molecule has 0 bridgehead atoms. The van der Waals surface area contributed by atoms with Crippen molar-refractivity contribution in [2.45, 2.75) is 45.2 Å². The number of halogens is 3. The van der Waals surface area contributed by atoms with Crippen molar-refractivity contribution in [3.8, 4) is 0 Å². The summed E-state index contributed by atoms with van der Waals surface area (Å²) in [5.41, 5.74) is 5.37. The van der Waals surface area contributed by atoms with Crippen LogP contribution in [0.25, 0.3) is 0 Å². The number of carbonyl (C=O) groups is 1. The first-order valence-corrected chi connectivity index (χ1v) is 5.20. The average Bonchev–Trinajstić information content (AvgIpc) is 2.11. The maximum atomic E-state index is 11.8. The molecule has 0 aliphatic rings. The summed E-state index contributed by atoms with van der Waals surface area (Å²) in [7, 11) is 0. The van der Waals surface area contributed by atoms with Crippen LogP contribution in [0.1, 0.15) is 39.0 Å². The third kappa shape index (κ3) is 7.36. The third-order valence-corrected chi connectivity index (χ3v) is 2.26. The molecule has 0 amide bonds. The lowest BCUT2D eigenvalue weighted by atomic mass is 9.95. The molecule has 15 heavy (non-hydrogen) atoms. The zero-order valence-electron chi connectivity index (χ0n) is 8.94. The molecule has 0 aromatic carbocycles. The van der Waals surface area contributed by atoms with Crippen molar-refractivity contribution in [2.75, 3.05) is 6.54 Å². The summed E-state index contributed by atoms with van der Waals surface area (Å²) in [5, 5.41) is 0. The SMILES string of the molecule is CCCC(CN)C(=O)CCCC(F)(F)F. The normalized spacial score (nSPS) is 13.9. The number of carbonyl (C=O) groups excluding carboxylic acids is 1. The van der Waals surface area contributed by atoms with Gasteiger partial charge in [0.2, 0.25) is 0 Å². The van der Waals surface area contributed by atoms with Gasteiger partial charge in [-0.25, -0.2) is 0 Å². The minimum Gasteiger partial charge on any atom is -0.330 e. The fourth-order valence-corrected chi connectivity index (χ4v) is 1.43. The van der Waals surface area contributed by atoms with Crippen molar-refractivity contribution in [1.82, 2.24) is 0 Å². The van der Waals surface area contributed by atoms with Crippen LogP contribution in [0.15, 0.2) is 0 Å². The number of hydrogen-bond donors (Lipinski definition) is 1. The van der Waals surface area contributed by atoms with Gasteiger partial charge in [0.15, 0.2) is 0 Å². The van der Waals surface area contributed by atoms with E-state index in [1.54, 1.807) is 0 Å². The maximum absolute atomic E-state index is 11.8. The van der Waals surface area contributed by atoms with Gasteiger partial charge < -0.3 is 5.73 Å². The predicted octanol–water partition coefficient (Wildman–Crippen LogP) is 2.66. The van der Waals surface area contributed by atoms with Crippen LogP contribution in [0.2, 0.25) is 0 Å². The highest BCUT2D eigenvalue weighted by atomic mass is 19.4. The Hall–Kier alpha value is -0.580. The van der Waals surface area contributed by atoms with Crippen molar-refractivity contribution in [3.05, 3.63) is 0 Å². The topological polar surface area (TPSA) is 43.1 Å². The van der Waals surface area contributed by atoms with Crippen LogP contribution in [-0.4, -0.2) is 18.5 Å². The molecule has 5 heteroatoms. The molecule has 0 aromatic heterocycles. The molecule has 0 aliphatic carbocycles.